The van der Waals surface area contributed by atoms with Crippen LogP contribution in [0.5, 0.6) is 11.5 Å². The molecule has 10 aromatic carbocycles. The summed E-state index contributed by atoms with van der Waals surface area (Å²) in [7, 11) is 3.31. The predicted molar refractivity (Wildman–Crippen MR) is 602 cm³/mol. The Morgan fingerprint density at radius 1 is 0.521 bits per heavy atom. The highest BCUT2D eigenvalue weighted by Crippen LogP contribution is 2.47. The maximum atomic E-state index is 9.81. The van der Waals surface area contributed by atoms with Crippen molar-refractivity contribution in [2.24, 2.45) is 9.98 Å². The van der Waals surface area contributed by atoms with Crippen LogP contribution in [0.3, 0.4) is 0 Å². The summed E-state index contributed by atoms with van der Waals surface area (Å²) in [6.45, 7) is 60.2. The molecule has 10 aromatic rings. The van der Waals surface area contributed by atoms with Crippen LogP contribution in [0.2, 0.25) is 0 Å². The Hall–Kier alpha value is -9.19. The number of alkyl halides is 3. The van der Waals surface area contributed by atoms with Crippen LogP contribution in [-0.4, -0.2) is 168 Å². The number of aliphatic hydroxyl groups is 3. The average molecular weight is 2330 g/mol. The number of para-hydroxylation sites is 1. The maximum Gasteiger partial charge on any atom is 0.310 e. The number of benzene rings is 10. The van der Waals surface area contributed by atoms with Crippen molar-refractivity contribution in [3.8, 4) is 11.5 Å². The highest BCUT2D eigenvalue weighted by atomic mass is 127. The molecule has 17 nitrogen and oxygen atoms in total. The van der Waals surface area contributed by atoms with E-state index in [4.69, 9.17) is 37.0 Å². The summed E-state index contributed by atoms with van der Waals surface area (Å²) in [5, 5.41) is 26.6. The molecule has 0 bridgehead atoms. The minimum Gasteiger partial charge on any atom is -1.00 e. The van der Waals surface area contributed by atoms with Crippen LogP contribution in [0.4, 0.5) is 51.2 Å². The zero-order chi connectivity index (χ0) is 102. The lowest BCUT2D eigenvalue weighted by Gasteiger charge is -2.29. The van der Waals surface area contributed by atoms with Gasteiger partial charge < -0.3 is 103 Å². The molecule has 140 heavy (non-hydrogen) atoms. The van der Waals surface area contributed by atoms with E-state index >= 15 is 0 Å². The molecule has 0 saturated heterocycles. The summed E-state index contributed by atoms with van der Waals surface area (Å²) in [5.74, 6) is 0.487. The van der Waals surface area contributed by atoms with Gasteiger partial charge in [0.2, 0.25) is 11.4 Å². The number of anilines is 5. The number of rotatable bonds is 33. The average Bonchev–Trinajstić information content (AvgIpc) is 1.59. The fourth-order valence-corrected chi connectivity index (χ4v) is 16.7. The number of esters is 2. The number of allylic oxidation sites excluding steroid dienone is 3. The van der Waals surface area contributed by atoms with Gasteiger partial charge in [0.25, 0.3) is 0 Å². The number of aryl methyl sites for hydroxylation is 1. The number of fused-ring (bicyclic) bond motifs is 3. The van der Waals surface area contributed by atoms with Crippen LogP contribution >= 0.6 is 50.1 Å². The molecule has 3 heterocycles. The summed E-state index contributed by atoms with van der Waals surface area (Å²) in [6.07, 6.45) is 12.1. The van der Waals surface area contributed by atoms with E-state index in [1.165, 1.54) is 92.9 Å². The first-order valence-electron chi connectivity index (χ1n) is 48.6. The van der Waals surface area contributed by atoms with E-state index in [0.717, 1.165) is 159 Å². The SMILES string of the molecule is C(Cc1ccccc1)=Nc1ccccc1.C=C([CH2+])C(C)(C)Br.CC(=O)OC(C)=O.CCN(CC)c1ccc(N)cc1.CCN(CC)c1ccc2c(c1)C(C)(C)C(/C=C/CCc1ccccc1)=[N+]2CCCO.CCN(CC)c1ccc2c(c1)C(C)(C)C(C)=N2.CCN(CC)c1ccc2c(c1)C(C)(C)C(C)=[N+]2CCCO.COc1ccc(C(Cl)(c2ccccc2)c2ccc(OC)cc2)cc1.OCCCI.[I-].[I-]. The number of aliphatic imine (C=N–C) groups is 2. The van der Waals surface area contributed by atoms with Gasteiger partial charge in [-0.15, -0.1) is 11.6 Å². The topological polar surface area (TPSA) is 192 Å². The fraction of sp³-hybridized carbons (Fsp3) is 0.398. The van der Waals surface area contributed by atoms with Gasteiger partial charge in [-0.25, -0.2) is 0 Å². The predicted octanol–water partition coefficient (Wildman–Crippen LogP) is 21.1. The molecule has 3 aliphatic heterocycles. The normalized spacial score (nSPS) is 12.8. The Balaban J connectivity index is 0.000000422. The lowest BCUT2D eigenvalue weighted by Crippen LogP contribution is -3.00. The molecule has 758 valence electrons. The molecule has 0 unspecified atom stereocenters. The molecular formula is C118H159BrClI3N9O8+. The Morgan fingerprint density at radius 3 is 1.29 bits per heavy atom. The first-order valence-corrected chi connectivity index (χ1v) is 51.3. The van der Waals surface area contributed by atoms with Crippen LogP contribution in [-0.2, 0) is 48.3 Å². The number of carbonyl (C=O) groups excluding carboxylic acids is 2. The Morgan fingerprint density at radius 2 is 0.893 bits per heavy atom. The van der Waals surface area contributed by atoms with Crippen LogP contribution in [0, 0.1) is 6.92 Å². The van der Waals surface area contributed by atoms with Gasteiger partial charge in [-0.2, -0.15) is 9.15 Å². The summed E-state index contributed by atoms with van der Waals surface area (Å²) in [4.78, 5) is 37.3. The van der Waals surface area contributed by atoms with E-state index in [0.29, 0.717) is 6.61 Å². The fourth-order valence-electron chi connectivity index (χ4n) is 15.9. The van der Waals surface area contributed by atoms with Gasteiger partial charge in [0.15, 0.2) is 24.5 Å². The van der Waals surface area contributed by atoms with Gasteiger partial charge in [0.05, 0.1) is 40.7 Å². The number of nitrogens with zero attached hydrogens (tertiary/aromatic N) is 8. The molecule has 13 rings (SSSR count). The van der Waals surface area contributed by atoms with Gasteiger partial charge >= 0.3 is 11.9 Å². The van der Waals surface area contributed by atoms with E-state index in [1.807, 2.05) is 160 Å². The molecule has 0 saturated carbocycles. The number of methoxy groups -OCH3 is 2. The summed E-state index contributed by atoms with van der Waals surface area (Å²) >= 11 is 12.8. The van der Waals surface area contributed by atoms with Crippen LogP contribution < -0.4 is 82.8 Å². The summed E-state index contributed by atoms with van der Waals surface area (Å²) in [5.41, 5.74) is 31.0. The first-order chi connectivity index (χ1) is 65.9. The van der Waals surface area contributed by atoms with Gasteiger partial charge in [-0.05, 0) is 260 Å². The zero-order valence-corrected chi connectivity index (χ0v) is 96.2. The molecule has 0 atom stereocenters. The van der Waals surface area contributed by atoms with Crippen molar-refractivity contribution in [3.05, 3.63) is 324 Å². The van der Waals surface area contributed by atoms with E-state index in [-0.39, 0.29) is 81.7 Å². The van der Waals surface area contributed by atoms with Gasteiger partial charge in [-0.1, -0.05) is 192 Å². The molecule has 0 aliphatic carbocycles. The third-order valence-electron chi connectivity index (χ3n) is 24.9. The first kappa shape index (κ1) is 125. The highest BCUT2D eigenvalue weighted by molar-refractivity contribution is 14.1. The Kier molecular flexibility index (Phi) is 57.5. The lowest BCUT2D eigenvalue weighted by atomic mass is 9.81. The molecule has 0 amide bonds. The Labute approximate surface area is 902 Å². The van der Waals surface area contributed by atoms with E-state index in [1.54, 1.807) is 14.2 Å². The van der Waals surface area contributed by atoms with E-state index in [9.17, 15) is 14.7 Å². The van der Waals surface area contributed by atoms with Gasteiger partial charge in [0.1, 0.15) is 21.9 Å². The third-order valence-corrected chi connectivity index (χ3v) is 26.9. The monoisotopic (exact) mass is 2320 g/mol. The number of aliphatic hydroxyl groups excluding tert-OH is 3. The minimum absolute atomic E-state index is 0. The smallest absolute Gasteiger partial charge is 0.310 e. The number of carbonyl (C=O) groups is 2. The molecule has 5 N–H and O–H groups in total. The van der Waals surface area contributed by atoms with Crippen molar-refractivity contribution in [2.75, 3.05) is 129 Å². The largest absolute Gasteiger partial charge is 1.00 e. The molecule has 0 aromatic heterocycles. The summed E-state index contributed by atoms with van der Waals surface area (Å²) in [6, 6.07) is 85.2. The van der Waals surface area contributed by atoms with Crippen molar-refractivity contribution in [3.63, 3.8) is 0 Å². The zero-order valence-electron chi connectivity index (χ0n) is 87.4. The molecule has 0 spiro atoms. The minimum atomic E-state index is -0.778. The number of nitrogen functional groups attached to an aromatic ring is 1. The highest BCUT2D eigenvalue weighted by Gasteiger charge is 2.46. The third kappa shape index (κ3) is 38.2. The maximum absolute atomic E-state index is 9.81. The van der Waals surface area contributed by atoms with Crippen LogP contribution in [0.25, 0.3) is 0 Å². The Bertz CT molecular complexity index is 5390. The number of hydrogen-bond acceptors (Lipinski definition) is 15. The number of nitrogens with two attached hydrogens (primary N) is 1. The van der Waals surface area contributed by atoms with Crippen molar-refractivity contribution in [1.29, 1.82) is 0 Å². The standard InChI is InChI=1S/C27H37N2O.C21H19ClO2.C18H29N2O.C15H22N2.C14H13N.C10H16N2.C6H10Br.C4H6O3.C3H7IO.2HI/c1-5-28(6-2)23-17-18-25-24(21-23)27(3,4)26(29(25)19-12-20-30)16-11-10-15-22-13-8-7-9-14-22;1-23-19-12-8-17(9-13-19)21(22,16-6-4-3-5-7-16)18-10-14-20(24-2)15-11-18;1-6-19(7-2)15-9-10-17-16(13-15)18(4,5)14(3)20(17)11-8-12-21;1-6-17(7-2)12-8-9-14-13(10-12)15(4,5)11(3)16-14;1-3-7-13(8-4-1)11-12-15-14-9-5-2-6-10-14;1-3-12(4-2)10-7-5-9(11)6-8-10;1-5(2)6(3,4)7;1-3(5)7-4(2)6;4-2-1-3-5;;/h7-9,11,13-14,16-18,21,30H,5-6,10,12,15,19-20H2,1-4H3;3-15H,1-2H3;9-10,13,21H,6-8,11-12H2,1-5H3;8-10H,6-7H2,1-5H3;1-10,12H,11H2;5-8H,3-4,11H2,1-2H3;1-2H2,3-4H3;1-2H3;5H,1-3H2;2*1H/q+1;;+1;;;;+1;;;;/p-2/b16-11+;;;;;;;;;;. The lowest BCUT2D eigenvalue weighted by molar-refractivity contribution is -0.440. The van der Waals surface area contributed by atoms with Crippen molar-refractivity contribution in [1.82, 2.24) is 0 Å². The molecular weight excluding hydrogens is 2170 g/mol. The molecule has 3 aliphatic rings. The molecule has 0 radical (unpaired) electrons. The van der Waals surface area contributed by atoms with E-state index in [2.05, 4.69) is 328 Å². The van der Waals surface area contributed by atoms with Crippen molar-refractivity contribution >= 4 is 137 Å². The van der Waals surface area contributed by atoms with Crippen molar-refractivity contribution in [2.45, 2.75) is 202 Å². The van der Waals surface area contributed by atoms with Gasteiger partial charge in [0, 0.05) is 205 Å². The second-order valence-electron chi connectivity index (χ2n) is 35.6. The quantitative estimate of drug-likeness (QED) is 0.00350. The summed E-state index contributed by atoms with van der Waals surface area (Å²) < 4.78 is 20.4. The number of ether oxygens (including phenoxy) is 3. The number of halogens is 5. The second-order valence-corrected chi connectivity index (χ2v) is 39.2. The van der Waals surface area contributed by atoms with Crippen LogP contribution in [0.15, 0.2) is 283 Å². The second kappa shape index (κ2) is 64.4. The van der Waals surface area contributed by atoms with Crippen LogP contribution in [0.1, 0.15) is 209 Å². The van der Waals surface area contributed by atoms with E-state index < -0.39 is 16.8 Å². The molecule has 0 fully saturated rings. The van der Waals surface area contributed by atoms with Gasteiger partial charge in [-0.3, -0.25) is 19.6 Å². The van der Waals surface area contributed by atoms with Crippen molar-refractivity contribution < 1.29 is 96.2 Å². The molecule has 22 heteroatoms. The number of hydrogen-bond donors (Lipinski definition) is 4.